The number of hydrogen-bond acceptors (Lipinski definition) is 2. The second-order valence-electron chi connectivity index (χ2n) is 5.26. The van der Waals surface area contributed by atoms with Gasteiger partial charge in [0.15, 0.2) is 5.78 Å². The Hall–Kier alpha value is -1.29. The molecule has 1 aliphatic rings. The summed E-state index contributed by atoms with van der Waals surface area (Å²) >= 11 is 0. The summed E-state index contributed by atoms with van der Waals surface area (Å²) in [6.07, 6.45) is 3.18. The molecule has 0 radical (unpaired) electrons. The average molecular weight is 267 g/mol. The van der Waals surface area contributed by atoms with Crippen molar-refractivity contribution >= 4 is 5.78 Å². The lowest BCUT2D eigenvalue weighted by atomic mass is 9.71. The Morgan fingerprint density at radius 3 is 2.84 bits per heavy atom. The van der Waals surface area contributed by atoms with Crippen molar-refractivity contribution in [3.63, 3.8) is 0 Å². The number of rotatable bonds is 4. The zero-order chi connectivity index (χ0) is 13.9. The largest absolute Gasteiger partial charge is 0.316 e. The van der Waals surface area contributed by atoms with Gasteiger partial charge in [0.1, 0.15) is 11.6 Å². The summed E-state index contributed by atoms with van der Waals surface area (Å²) in [7, 11) is 0. The molecule has 1 fully saturated rings. The van der Waals surface area contributed by atoms with E-state index >= 15 is 0 Å². The summed E-state index contributed by atoms with van der Waals surface area (Å²) < 4.78 is 27.0. The Morgan fingerprint density at radius 2 is 2.21 bits per heavy atom. The molecule has 1 N–H and O–H groups in total. The van der Waals surface area contributed by atoms with E-state index < -0.39 is 17.0 Å². The standard InChI is InChI=1S/C15H19F2NO/c1-2-6-15(7-3-8-18-10-15)14(19)12-9-11(16)4-5-13(12)17/h4-5,9,18H,2-3,6-8,10H2,1H3. The number of piperidine rings is 1. The zero-order valence-corrected chi connectivity index (χ0v) is 11.1. The van der Waals surface area contributed by atoms with Crippen LogP contribution in [0.5, 0.6) is 0 Å². The summed E-state index contributed by atoms with van der Waals surface area (Å²) in [6, 6.07) is 3.08. The Bertz CT molecular complexity index is 462. The number of carbonyl (C=O) groups is 1. The molecule has 4 heteroatoms. The van der Waals surface area contributed by atoms with Gasteiger partial charge in [0.05, 0.1) is 5.56 Å². The summed E-state index contributed by atoms with van der Waals surface area (Å²) in [4.78, 5) is 12.6. The van der Waals surface area contributed by atoms with E-state index in [2.05, 4.69) is 5.32 Å². The fourth-order valence-corrected chi connectivity index (χ4v) is 2.92. The molecule has 0 spiro atoms. The van der Waals surface area contributed by atoms with Gasteiger partial charge < -0.3 is 5.32 Å². The molecule has 19 heavy (non-hydrogen) atoms. The van der Waals surface area contributed by atoms with Crippen LogP contribution in [0.1, 0.15) is 43.0 Å². The first-order chi connectivity index (χ1) is 9.09. The summed E-state index contributed by atoms with van der Waals surface area (Å²) in [6.45, 7) is 3.44. The van der Waals surface area contributed by atoms with Crippen LogP contribution in [-0.2, 0) is 0 Å². The Labute approximate surface area is 112 Å². The number of Topliss-reactive ketones (excluding diaryl/α,β-unsaturated/α-hetero) is 1. The van der Waals surface area contributed by atoms with E-state index in [0.29, 0.717) is 13.0 Å². The normalized spacial score (nSPS) is 23.3. The quantitative estimate of drug-likeness (QED) is 0.848. The first kappa shape index (κ1) is 14.1. The average Bonchev–Trinajstić information content (AvgIpc) is 2.42. The van der Waals surface area contributed by atoms with Gasteiger partial charge in [0.25, 0.3) is 0 Å². The maximum absolute atomic E-state index is 13.8. The van der Waals surface area contributed by atoms with E-state index in [4.69, 9.17) is 0 Å². The molecule has 104 valence electrons. The molecule has 1 aromatic rings. The fourth-order valence-electron chi connectivity index (χ4n) is 2.92. The third-order valence-electron chi connectivity index (χ3n) is 3.86. The van der Waals surface area contributed by atoms with Crippen LogP contribution in [0.4, 0.5) is 8.78 Å². The van der Waals surface area contributed by atoms with Crippen molar-refractivity contribution in [1.29, 1.82) is 0 Å². The predicted molar refractivity (Wildman–Crippen MR) is 70.1 cm³/mol. The highest BCUT2D eigenvalue weighted by atomic mass is 19.1. The van der Waals surface area contributed by atoms with Crippen LogP contribution in [0.25, 0.3) is 0 Å². The van der Waals surface area contributed by atoms with Crippen molar-refractivity contribution < 1.29 is 13.6 Å². The van der Waals surface area contributed by atoms with Gasteiger partial charge in [0.2, 0.25) is 0 Å². The Morgan fingerprint density at radius 1 is 1.42 bits per heavy atom. The van der Waals surface area contributed by atoms with Crippen molar-refractivity contribution in [2.75, 3.05) is 13.1 Å². The lowest BCUT2D eigenvalue weighted by Gasteiger charge is -2.36. The molecular weight excluding hydrogens is 248 g/mol. The molecule has 1 heterocycles. The van der Waals surface area contributed by atoms with Crippen LogP contribution in [0.15, 0.2) is 18.2 Å². The van der Waals surface area contributed by atoms with E-state index in [9.17, 15) is 13.6 Å². The molecule has 2 rings (SSSR count). The highest BCUT2D eigenvalue weighted by Gasteiger charge is 2.40. The minimum absolute atomic E-state index is 0.114. The van der Waals surface area contributed by atoms with E-state index in [0.717, 1.165) is 44.0 Å². The maximum Gasteiger partial charge on any atom is 0.173 e. The lowest BCUT2D eigenvalue weighted by molar-refractivity contribution is 0.0713. The van der Waals surface area contributed by atoms with Crippen LogP contribution in [0.3, 0.4) is 0 Å². The molecule has 1 aromatic carbocycles. The maximum atomic E-state index is 13.8. The van der Waals surface area contributed by atoms with Crippen molar-refractivity contribution in [1.82, 2.24) is 5.32 Å². The molecular formula is C15H19F2NO. The Balaban J connectivity index is 2.36. The number of halogens is 2. The minimum Gasteiger partial charge on any atom is -0.316 e. The predicted octanol–water partition coefficient (Wildman–Crippen LogP) is 3.32. The molecule has 0 aliphatic carbocycles. The van der Waals surface area contributed by atoms with E-state index in [-0.39, 0.29) is 11.3 Å². The van der Waals surface area contributed by atoms with E-state index in [1.807, 2.05) is 6.92 Å². The van der Waals surface area contributed by atoms with Crippen LogP contribution in [0, 0.1) is 17.0 Å². The monoisotopic (exact) mass is 267 g/mol. The van der Waals surface area contributed by atoms with E-state index in [1.54, 1.807) is 0 Å². The van der Waals surface area contributed by atoms with Crippen molar-refractivity contribution in [3.05, 3.63) is 35.4 Å². The second kappa shape index (κ2) is 5.78. The van der Waals surface area contributed by atoms with Crippen LogP contribution < -0.4 is 5.32 Å². The number of nitrogens with one attached hydrogen (secondary N) is 1. The van der Waals surface area contributed by atoms with Gasteiger partial charge in [-0.05, 0) is 44.0 Å². The smallest absolute Gasteiger partial charge is 0.173 e. The molecule has 0 bridgehead atoms. The molecule has 0 amide bonds. The number of hydrogen-bond donors (Lipinski definition) is 1. The highest BCUT2D eigenvalue weighted by molar-refractivity contribution is 6.01. The number of carbonyl (C=O) groups excluding carboxylic acids is 1. The van der Waals surface area contributed by atoms with Crippen molar-refractivity contribution in [2.45, 2.75) is 32.6 Å². The number of benzene rings is 1. The third kappa shape index (κ3) is 2.84. The lowest BCUT2D eigenvalue weighted by Crippen LogP contribution is -2.45. The van der Waals surface area contributed by atoms with Gasteiger partial charge in [-0.25, -0.2) is 8.78 Å². The zero-order valence-electron chi connectivity index (χ0n) is 11.1. The fraction of sp³-hybridized carbons (Fsp3) is 0.533. The molecule has 1 atom stereocenters. The molecule has 1 saturated heterocycles. The van der Waals surface area contributed by atoms with E-state index in [1.165, 1.54) is 0 Å². The molecule has 1 unspecified atom stereocenters. The second-order valence-corrected chi connectivity index (χ2v) is 5.26. The molecule has 0 saturated carbocycles. The SMILES string of the molecule is CCCC1(C(=O)c2cc(F)ccc2F)CCCNC1. The first-order valence-electron chi connectivity index (χ1n) is 6.79. The summed E-state index contributed by atoms with van der Waals surface area (Å²) in [5.41, 5.74) is -0.695. The van der Waals surface area contributed by atoms with Crippen LogP contribution in [0.2, 0.25) is 0 Å². The van der Waals surface area contributed by atoms with Gasteiger partial charge in [-0.15, -0.1) is 0 Å². The molecule has 0 aromatic heterocycles. The van der Waals surface area contributed by atoms with Crippen LogP contribution in [-0.4, -0.2) is 18.9 Å². The van der Waals surface area contributed by atoms with Crippen molar-refractivity contribution in [3.8, 4) is 0 Å². The molecule has 1 aliphatic heterocycles. The minimum atomic E-state index is -0.632. The van der Waals surface area contributed by atoms with Gasteiger partial charge in [-0.3, -0.25) is 4.79 Å². The number of ketones is 1. The Kier molecular flexibility index (Phi) is 4.30. The summed E-state index contributed by atoms with van der Waals surface area (Å²) in [5, 5.41) is 3.21. The summed E-state index contributed by atoms with van der Waals surface area (Å²) in [5.74, 6) is -1.47. The molecule has 2 nitrogen and oxygen atoms in total. The highest BCUT2D eigenvalue weighted by Crippen LogP contribution is 2.36. The van der Waals surface area contributed by atoms with Crippen LogP contribution >= 0.6 is 0 Å². The first-order valence-corrected chi connectivity index (χ1v) is 6.79. The van der Waals surface area contributed by atoms with Crippen molar-refractivity contribution in [2.24, 2.45) is 5.41 Å². The van der Waals surface area contributed by atoms with Gasteiger partial charge in [-0.2, -0.15) is 0 Å². The van der Waals surface area contributed by atoms with Gasteiger partial charge in [0, 0.05) is 12.0 Å². The van der Waals surface area contributed by atoms with Gasteiger partial charge >= 0.3 is 0 Å². The topological polar surface area (TPSA) is 29.1 Å². The van der Waals surface area contributed by atoms with Gasteiger partial charge in [-0.1, -0.05) is 13.3 Å². The third-order valence-corrected chi connectivity index (χ3v) is 3.86.